The number of nitrogens with zero attached hydrogens (tertiary/aromatic N) is 3. The molecule has 3 rings (SSSR count). The first-order chi connectivity index (χ1) is 11.6. The highest BCUT2D eigenvalue weighted by Gasteiger charge is 2.08. The van der Waals surface area contributed by atoms with Crippen LogP contribution in [0.25, 0.3) is 5.69 Å². The quantitative estimate of drug-likeness (QED) is 0.555. The molecule has 24 heavy (non-hydrogen) atoms. The van der Waals surface area contributed by atoms with Crippen molar-refractivity contribution < 1.29 is 9.72 Å². The second-order valence-electron chi connectivity index (χ2n) is 4.88. The fourth-order valence-corrected chi connectivity index (χ4v) is 2.05. The van der Waals surface area contributed by atoms with Gasteiger partial charge in [0.15, 0.2) is 0 Å². The maximum absolute atomic E-state index is 12.1. The Morgan fingerprint density at radius 3 is 2.38 bits per heavy atom. The van der Waals surface area contributed by atoms with Crippen molar-refractivity contribution in [1.82, 2.24) is 15.0 Å². The minimum atomic E-state index is -0.540. The number of hydrogen-bond acceptors (Lipinski definition) is 5. The summed E-state index contributed by atoms with van der Waals surface area (Å²) in [6.45, 7) is 0. The highest BCUT2D eigenvalue weighted by Crippen LogP contribution is 2.12. The lowest BCUT2D eigenvalue weighted by Crippen LogP contribution is -2.29. The van der Waals surface area contributed by atoms with Crippen molar-refractivity contribution in [3.05, 3.63) is 82.8 Å². The van der Waals surface area contributed by atoms with Crippen LogP contribution in [0.2, 0.25) is 0 Å². The molecule has 0 atom stereocenters. The lowest BCUT2D eigenvalue weighted by atomic mass is 10.2. The van der Waals surface area contributed by atoms with Crippen LogP contribution in [0.15, 0.2) is 67.1 Å². The fourth-order valence-electron chi connectivity index (χ4n) is 2.05. The van der Waals surface area contributed by atoms with Crippen molar-refractivity contribution in [3.8, 4) is 5.69 Å². The summed E-state index contributed by atoms with van der Waals surface area (Å²) in [7, 11) is 0. The summed E-state index contributed by atoms with van der Waals surface area (Å²) in [5.41, 5.74) is 6.40. The molecule has 0 aliphatic carbocycles. The summed E-state index contributed by atoms with van der Waals surface area (Å²) in [6.07, 6.45) is 4.94. The van der Waals surface area contributed by atoms with Crippen LogP contribution in [0.1, 0.15) is 10.4 Å². The van der Waals surface area contributed by atoms with Crippen molar-refractivity contribution in [2.24, 2.45) is 0 Å². The molecule has 8 nitrogen and oxygen atoms in total. The van der Waals surface area contributed by atoms with E-state index in [4.69, 9.17) is 0 Å². The first-order valence-electron chi connectivity index (χ1n) is 7.04. The average Bonchev–Trinajstić information content (AvgIpc) is 3.15. The fraction of sp³-hybridized carbons (Fsp3) is 0. The molecule has 1 amide bonds. The van der Waals surface area contributed by atoms with Gasteiger partial charge >= 0.3 is 0 Å². The second kappa shape index (κ2) is 6.61. The normalized spacial score (nSPS) is 10.2. The number of pyridine rings is 1. The zero-order valence-corrected chi connectivity index (χ0v) is 12.4. The van der Waals surface area contributed by atoms with Crippen LogP contribution < -0.4 is 10.9 Å². The summed E-state index contributed by atoms with van der Waals surface area (Å²) in [5.74, 6) is -0.0351. The van der Waals surface area contributed by atoms with E-state index in [9.17, 15) is 14.9 Å². The van der Waals surface area contributed by atoms with Crippen LogP contribution >= 0.6 is 0 Å². The van der Waals surface area contributed by atoms with Crippen LogP contribution in [0.5, 0.6) is 0 Å². The number of rotatable bonds is 5. The van der Waals surface area contributed by atoms with Crippen LogP contribution in [0.3, 0.4) is 0 Å². The zero-order valence-electron chi connectivity index (χ0n) is 12.4. The lowest BCUT2D eigenvalue weighted by molar-refractivity contribution is -0.385. The number of carbonyl (C=O) groups is 1. The van der Waals surface area contributed by atoms with Gasteiger partial charge < -0.3 is 4.57 Å². The van der Waals surface area contributed by atoms with Gasteiger partial charge in [0.25, 0.3) is 11.6 Å². The van der Waals surface area contributed by atoms with Gasteiger partial charge in [0, 0.05) is 29.7 Å². The lowest BCUT2D eigenvalue weighted by Gasteiger charge is -2.08. The molecule has 2 N–H and O–H groups in total. The van der Waals surface area contributed by atoms with E-state index < -0.39 is 4.92 Å². The predicted octanol–water partition coefficient (Wildman–Crippen LogP) is 2.54. The molecular formula is C16H13N5O3. The number of nitrogens with one attached hydrogen (secondary N) is 2. The van der Waals surface area contributed by atoms with E-state index in [0.717, 1.165) is 11.9 Å². The van der Waals surface area contributed by atoms with Crippen LogP contribution in [0.4, 0.5) is 11.5 Å². The smallest absolute Gasteiger partial charge is 0.287 e. The molecule has 1 aromatic carbocycles. The summed E-state index contributed by atoms with van der Waals surface area (Å²) in [4.78, 5) is 25.9. The molecule has 3 aromatic rings. The molecule has 0 bridgehead atoms. The Morgan fingerprint density at radius 1 is 1.08 bits per heavy atom. The third kappa shape index (κ3) is 3.38. The Labute approximate surface area is 136 Å². The molecule has 0 radical (unpaired) electrons. The van der Waals surface area contributed by atoms with E-state index in [-0.39, 0.29) is 11.6 Å². The molecule has 0 aliphatic rings. The van der Waals surface area contributed by atoms with Crippen LogP contribution in [-0.2, 0) is 0 Å². The molecule has 120 valence electrons. The summed E-state index contributed by atoms with van der Waals surface area (Å²) >= 11 is 0. The van der Waals surface area contributed by atoms with Gasteiger partial charge in [0.2, 0.25) is 0 Å². The van der Waals surface area contributed by atoms with Gasteiger partial charge in [-0.05, 0) is 42.5 Å². The van der Waals surface area contributed by atoms with Gasteiger partial charge in [-0.25, -0.2) is 4.98 Å². The Morgan fingerprint density at radius 2 is 1.79 bits per heavy atom. The first kappa shape index (κ1) is 15.2. The van der Waals surface area contributed by atoms with Crippen molar-refractivity contribution in [2.75, 3.05) is 5.43 Å². The minimum Gasteiger partial charge on any atom is -0.324 e. The largest absolute Gasteiger partial charge is 0.324 e. The third-order valence-corrected chi connectivity index (χ3v) is 3.29. The predicted molar refractivity (Wildman–Crippen MR) is 87.7 cm³/mol. The average molecular weight is 323 g/mol. The molecule has 0 saturated heterocycles. The minimum absolute atomic E-state index is 0.118. The number of benzene rings is 1. The number of hydrazine groups is 1. The Hall–Kier alpha value is -3.68. The van der Waals surface area contributed by atoms with Gasteiger partial charge in [0.05, 0.1) is 4.92 Å². The van der Waals surface area contributed by atoms with Crippen LogP contribution in [-0.4, -0.2) is 20.4 Å². The first-order valence-corrected chi connectivity index (χ1v) is 7.04. The Kier molecular flexibility index (Phi) is 4.19. The monoisotopic (exact) mass is 323 g/mol. The Bertz CT molecular complexity index is 842. The Balaban J connectivity index is 1.61. The van der Waals surface area contributed by atoms with Gasteiger partial charge in [-0.1, -0.05) is 0 Å². The molecular weight excluding hydrogens is 310 g/mol. The standard InChI is InChI=1S/C16H13N5O3/c22-16(19-18-15-8-7-14(11-17-15)21(23)24)12-3-5-13(6-4-12)20-9-1-2-10-20/h1-11H,(H,17,18)(H,19,22). The summed E-state index contributed by atoms with van der Waals surface area (Å²) in [6, 6.07) is 13.6. The van der Waals surface area contributed by atoms with Gasteiger partial charge in [-0.15, -0.1) is 0 Å². The number of hydrogen-bond donors (Lipinski definition) is 2. The molecule has 0 unspecified atom stereocenters. The van der Waals surface area contributed by atoms with E-state index in [2.05, 4.69) is 15.8 Å². The van der Waals surface area contributed by atoms with E-state index in [0.29, 0.717) is 11.4 Å². The van der Waals surface area contributed by atoms with E-state index in [1.165, 1.54) is 12.1 Å². The highest BCUT2D eigenvalue weighted by molar-refractivity contribution is 5.94. The van der Waals surface area contributed by atoms with E-state index in [1.54, 1.807) is 12.1 Å². The molecule has 0 spiro atoms. The van der Waals surface area contributed by atoms with Crippen molar-refractivity contribution in [2.45, 2.75) is 0 Å². The maximum Gasteiger partial charge on any atom is 0.287 e. The highest BCUT2D eigenvalue weighted by atomic mass is 16.6. The molecule has 8 heteroatoms. The number of anilines is 1. The molecule has 2 heterocycles. The van der Waals surface area contributed by atoms with Crippen LogP contribution in [0, 0.1) is 10.1 Å². The second-order valence-corrected chi connectivity index (χ2v) is 4.88. The van der Waals surface area contributed by atoms with Gasteiger partial charge in [0.1, 0.15) is 12.0 Å². The topological polar surface area (TPSA) is 102 Å². The third-order valence-electron chi connectivity index (χ3n) is 3.29. The summed E-state index contributed by atoms with van der Waals surface area (Å²) in [5, 5.41) is 10.5. The molecule has 0 fully saturated rings. The van der Waals surface area contributed by atoms with Gasteiger partial charge in [-0.2, -0.15) is 0 Å². The number of aromatic nitrogens is 2. The SMILES string of the molecule is O=C(NNc1ccc([N+](=O)[O-])cn1)c1ccc(-n2cccc2)cc1. The number of carbonyl (C=O) groups excluding carboxylic acids is 1. The zero-order chi connectivity index (χ0) is 16.9. The van der Waals surface area contributed by atoms with E-state index in [1.807, 2.05) is 41.2 Å². The van der Waals surface area contributed by atoms with Crippen molar-refractivity contribution in [3.63, 3.8) is 0 Å². The molecule has 0 aliphatic heterocycles. The van der Waals surface area contributed by atoms with Gasteiger partial charge in [-0.3, -0.25) is 25.8 Å². The van der Waals surface area contributed by atoms with Crippen molar-refractivity contribution >= 4 is 17.4 Å². The maximum atomic E-state index is 12.1. The molecule has 0 saturated carbocycles. The van der Waals surface area contributed by atoms with E-state index >= 15 is 0 Å². The molecule has 2 aromatic heterocycles. The number of amides is 1. The summed E-state index contributed by atoms with van der Waals surface area (Å²) < 4.78 is 1.93. The van der Waals surface area contributed by atoms with Crippen molar-refractivity contribution in [1.29, 1.82) is 0 Å². The number of nitro groups is 1.